The molecule has 1 saturated carbocycles. The van der Waals surface area contributed by atoms with Crippen LogP contribution in [0.3, 0.4) is 0 Å². The van der Waals surface area contributed by atoms with Crippen molar-refractivity contribution in [1.82, 2.24) is 9.97 Å². The van der Waals surface area contributed by atoms with Gasteiger partial charge in [-0.15, -0.1) is 0 Å². The second-order valence-corrected chi connectivity index (χ2v) is 7.65. The quantitative estimate of drug-likeness (QED) is 0.423. The molecule has 8 heteroatoms. The van der Waals surface area contributed by atoms with Crippen molar-refractivity contribution in [2.75, 3.05) is 0 Å². The average molecular weight is 430 g/mol. The molecule has 4 nitrogen and oxygen atoms in total. The van der Waals surface area contributed by atoms with Gasteiger partial charge in [0.05, 0.1) is 5.56 Å². The zero-order valence-corrected chi connectivity index (χ0v) is 16.2. The number of hydrogen-bond donors (Lipinski definition) is 1. The highest BCUT2D eigenvalue weighted by atomic mass is 19.4. The monoisotopic (exact) mass is 430 g/mol. The molecule has 1 aliphatic carbocycles. The molecule has 1 aliphatic rings. The molecule has 160 valence electrons. The highest BCUT2D eigenvalue weighted by Gasteiger charge is 2.37. The maximum atomic E-state index is 14.1. The zero-order chi connectivity index (χ0) is 22.2. The topological polar surface area (TPSA) is 62.8 Å². The van der Waals surface area contributed by atoms with E-state index < -0.39 is 34.8 Å². The zero-order valence-electron chi connectivity index (χ0n) is 16.2. The Kier molecular flexibility index (Phi) is 5.47. The minimum Gasteiger partial charge on any atom is -0.306 e. The molecular formula is C23H18F4N2O2. The van der Waals surface area contributed by atoms with Gasteiger partial charge in [0.25, 0.3) is 5.56 Å². The Morgan fingerprint density at radius 1 is 1.10 bits per heavy atom. The molecule has 2 aromatic carbocycles. The molecular weight excluding hydrogens is 412 g/mol. The molecule has 0 saturated heterocycles. The lowest BCUT2D eigenvalue weighted by atomic mass is 9.88. The van der Waals surface area contributed by atoms with Crippen molar-refractivity contribution < 1.29 is 22.4 Å². The van der Waals surface area contributed by atoms with Crippen molar-refractivity contribution in [1.29, 1.82) is 0 Å². The normalized spacial score (nSPS) is 15.0. The van der Waals surface area contributed by atoms with E-state index in [4.69, 9.17) is 0 Å². The number of H-pyrrole nitrogens is 1. The number of hydrogen-bond acceptors (Lipinski definition) is 3. The van der Waals surface area contributed by atoms with E-state index in [1.165, 1.54) is 6.07 Å². The summed E-state index contributed by atoms with van der Waals surface area (Å²) in [5.41, 5.74) is -0.866. The van der Waals surface area contributed by atoms with Gasteiger partial charge < -0.3 is 4.98 Å². The number of nitrogens with one attached hydrogen (secondary N) is 1. The molecule has 1 N–H and O–H groups in total. The number of ketones is 1. The molecule has 0 unspecified atom stereocenters. The number of aromatic nitrogens is 2. The molecule has 0 aliphatic heterocycles. The van der Waals surface area contributed by atoms with Crippen molar-refractivity contribution in [3.63, 3.8) is 0 Å². The van der Waals surface area contributed by atoms with Crippen LogP contribution in [0.4, 0.5) is 17.6 Å². The largest absolute Gasteiger partial charge is 0.419 e. The van der Waals surface area contributed by atoms with Crippen molar-refractivity contribution in [3.8, 4) is 11.4 Å². The Morgan fingerprint density at radius 3 is 2.42 bits per heavy atom. The molecule has 1 aromatic heterocycles. The molecule has 0 spiro atoms. The summed E-state index contributed by atoms with van der Waals surface area (Å²) in [7, 11) is 0. The van der Waals surface area contributed by atoms with E-state index in [0.717, 1.165) is 25.0 Å². The lowest BCUT2D eigenvalue weighted by molar-refractivity contribution is -0.140. The van der Waals surface area contributed by atoms with Gasteiger partial charge in [-0.05, 0) is 42.4 Å². The lowest BCUT2D eigenvalue weighted by Crippen LogP contribution is -2.17. The molecule has 31 heavy (non-hydrogen) atoms. The Hall–Kier alpha value is -3.29. The number of nitrogens with zero attached hydrogens (tertiary/aromatic N) is 1. The predicted octanol–water partition coefficient (Wildman–Crippen LogP) is 5.36. The lowest BCUT2D eigenvalue weighted by Gasteiger charge is -2.18. The fraction of sp³-hybridized carbons (Fsp3) is 0.261. The van der Waals surface area contributed by atoms with Crippen LogP contribution in [0, 0.1) is 11.7 Å². The minimum absolute atomic E-state index is 0.0272. The summed E-state index contributed by atoms with van der Waals surface area (Å²) in [5, 5.41) is 0. The van der Waals surface area contributed by atoms with Crippen molar-refractivity contribution in [2.24, 2.45) is 5.92 Å². The summed E-state index contributed by atoms with van der Waals surface area (Å²) in [6, 6.07) is 12.7. The number of carbonyl (C=O) groups excluding carboxylic acids is 1. The third-order valence-electron chi connectivity index (χ3n) is 5.40. The van der Waals surface area contributed by atoms with Gasteiger partial charge in [0, 0.05) is 18.1 Å². The second-order valence-electron chi connectivity index (χ2n) is 7.65. The maximum Gasteiger partial charge on any atom is 0.419 e. The molecule has 4 rings (SSSR count). The Labute approximate surface area is 175 Å². The van der Waals surface area contributed by atoms with Crippen molar-refractivity contribution in [3.05, 3.63) is 87.6 Å². The number of carbonyl (C=O) groups is 1. The smallest absolute Gasteiger partial charge is 0.306 e. The van der Waals surface area contributed by atoms with E-state index in [2.05, 4.69) is 9.97 Å². The summed E-state index contributed by atoms with van der Waals surface area (Å²) in [6.07, 6.45) is -3.24. The number of rotatable bonds is 6. The van der Waals surface area contributed by atoms with Gasteiger partial charge in [-0.1, -0.05) is 36.4 Å². The predicted molar refractivity (Wildman–Crippen MR) is 106 cm³/mol. The van der Waals surface area contributed by atoms with E-state index in [-0.39, 0.29) is 23.9 Å². The van der Waals surface area contributed by atoms with Crippen LogP contribution in [0.1, 0.15) is 46.8 Å². The minimum atomic E-state index is -4.78. The number of halogens is 4. The van der Waals surface area contributed by atoms with Crippen molar-refractivity contribution >= 4 is 5.78 Å². The van der Waals surface area contributed by atoms with E-state index in [1.54, 1.807) is 30.3 Å². The molecule has 0 bridgehead atoms. The number of Topliss-reactive ketones (excluding diaryl/α,β-unsaturated/α-hetero) is 1. The Bertz CT molecular complexity index is 1170. The van der Waals surface area contributed by atoms with E-state index in [1.807, 2.05) is 0 Å². The van der Waals surface area contributed by atoms with Gasteiger partial charge in [0.15, 0.2) is 5.78 Å². The van der Waals surface area contributed by atoms with Crippen LogP contribution in [0.15, 0.2) is 59.4 Å². The van der Waals surface area contributed by atoms with E-state index in [0.29, 0.717) is 17.2 Å². The van der Waals surface area contributed by atoms with Crippen LogP contribution in [0.5, 0.6) is 0 Å². The molecule has 0 amide bonds. The highest BCUT2D eigenvalue weighted by molar-refractivity contribution is 5.95. The summed E-state index contributed by atoms with van der Waals surface area (Å²) >= 11 is 0. The second kappa shape index (κ2) is 8.09. The van der Waals surface area contributed by atoms with Gasteiger partial charge >= 0.3 is 6.18 Å². The van der Waals surface area contributed by atoms with Crippen LogP contribution in [0.25, 0.3) is 11.4 Å². The third-order valence-corrected chi connectivity index (χ3v) is 5.40. The van der Waals surface area contributed by atoms with Gasteiger partial charge in [-0.3, -0.25) is 9.59 Å². The van der Waals surface area contributed by atoms with Crippen LogP contribution < -0.4 is 5.56 Å². The summed E-state index contributed by atoms with van der Waals surface area (Å²) < 4.78 is 52.7. The van der Waals surface area contributed by atoms with E-state index >= 15 is 0 Å². The summed E-state index contributed by atoms with van der Waals surface area (Å²) in [6.45, 7) is 0. The maximum absolute atomic E-state index is 14.1. The Balaban J connectivity index is 1.62. The standard InChI is InChI=1S/C23H18F4N2O2/c24-18-10-15(8-9-17(18)23(25,26)27)16(13-6-7-13)11-20(30)19-12-21(31)29-22(28-19)14-4-2-1-3-5-14/h1-5,8-10,12-13,16H,6-7,11H2,(H,28,29,31)/t16-/m1/s1. The van der Waals surface area contributed by atoms with Crippen LogP contribution in [-0.4, -0.2) is 15.8 Å². The first kappa shape index (κ1) is 21.0. The SMILES string of the molecule is O=C(C[C@@H](c1ccc(C(F)(F)F)c(F)c1)C1CC1)c1cc(=O)[nH]c(-c2ccccc2)n1. The van der Waals surface area contributed by atoms with Crippen LogP contribution in [0.2, 0.25) is 0 Å². The molecule has 0 radical (unpaired) electrons. The van der Waals surface area contributed by atoms with Gasteiger partial charge in [-0.25, -0.2) is 9.37 Å². The third kappa shape index (κ3) is 4.73. The molecule has 1 fully saturated rings. The molecule has 1 atom stereocenters. The summed E-state index contributed by atoms with van der Waals surface area (Å²) in [5.74, 6) is -1.88. The molecule has 3 aromatic rings. The molecule has 1 heterocycles. The number of benzene rings is 2. The fourth-order valence-corrected chi connectivity index (χ4v) is 3.68. The average Bonchev–Trinajstić information content (AvgIpc) is 3.56. The van der Waals surface area contributed by atoms with Gasteiger partial charge in [0.1, 0.15) is 17.3 Å². The van der Waals surface area contributed by atoms with Crippen molar-refractivity contribution in [2.45, 2.75) is 31.4 Å². The summed E-state index contributed by atoms with van der Waals surface area (Å²) in [4.78, 5) is 31.8. The van der Waals surface area contributed by atoms with Gasteiger partial charge in [-0.2, -0.15) is 13.2 Å². The Morgan fingerprint density at radius 2 is 1.81 bits per heavy atom. The van der Waals surface area contributed by atoms with Gasteiger partial charge in [0.2, 0.25) is 0 Å². The first-order valence-electron chi connectivity index (χ1n) is 9.79. The number of alkyl halides is 3. The van der Waals surface area contributed by atoms with E-state index in [9.17, 15) is 27.2 Å². The first-order valence-corrected chi connectivity index (χ1v) is 9.79. The van der Waals surface area contributed by atoms with Crippen LogP contribution >= 0.6 is 0 Å². The fourth-order valence-electron chi connectivity index (χ4n) is 3.68. The first-order chi connectivity index (χ1) is 14.7. The van der Waals surface area contributed by atoms with Crippen LogP contribution in [-0.2, 0) is 6.18 Å². The highest BCUT2D eigenvalue weighted by Crippen LogP contribution is 2.45. The number of aromatic amines is 1.